The number of rotatable bonds is 5. The van der Waals surface area contributed by atoms with Crippen LogP contribution in [0.4, 0.5) is 5.69 Å². The van der Waals surface area contributed by atoms with Crippen molar-refractivity contribution in [3.8, 4) is 5.75 Å². The van der Waals surface area contributed by atoms with E-state index in [0.717, 1.165) is 19.1 Å². The number of anilines is 1. The molecule has 0 unspecified atom stereocenters. The molecule has 0 heterocycles. The number of phenols is 1. The lowest BCUT2D eigenvalue weighted by Gasteiger charge is -2.30. The average molecular weight is 262 g/mol. The van der Waals surface area contributed by atoms with Crippen molar-refractivity contribution in [3.05, 3.63) is 23.8 Å². The van der Waals surface area contributed by atoms with Gasteiger partial charge in [0.05, 0.1) is 5.69 Å². The monoisotopic (exact) mass is 262 g/mol. The summed E-state index contributed by atoms with van der Waals surface area (Å²) in [6.45, 7) is 6.61. The molecule has 3 N–H and O–H groups in total. The highest BCUT2D eigenvalue weighted by Gasteiger charge is 2.23. The number of phenolic OH excluding ortho intramolecular Hbond substituents is 1. The van der Waals surface area contributed by atoms with Crippen molar-refractivity contribution in [1.29, 1.82) is 0 Å². The Bertz CT molecular complexity index is 411. The topological polar surface area (TPSA) is 49.5 Å². The molecule has 0 amide bonds. The van der Waals surface area contributed by atoms with E-state index in [1.54, 1.807) is 6.07 Å². The third-order valence-electron chi connectivity index (χ3n) is 3.92. The van der Waals surface area contributed by atoms with Crippen LogP contribution in [-0.4, -0.2) is 22.6 Å². The summed E-state index contributed by atoms with van der Waals surface area (Å²) < 4.78 is 0. The Balaban J connectivity index is 2.07. The maximum atomic E-state index is 9.50. The minimum Gasteiger partial charge on any atom is -0.506 e. The van der Waals surface area contributed by atoms with Crippen LogP contribution < -0.4 is 5.73 Å². The van der Waals surface area contributed by atoms with Gasteiger partial charge in [-0.1, -0.05) is 32.8 Å². The zero-order valence-electron chi connectivity index (χ0n) is 12.1. The van der Waals surface area contributed by atoms with Crippen LogP contribution in [0.5, 0.6) is 5.75 Å². The second-order valence-electron chi connectivity index (χ2n) is 6.15. The Labute approximate surface area is 116 Å². The number of nitrogens with zero attached hydrogens (tertiary/aromatic N) is 1. The molecule has 2 rings (SSSR count). The van der Waals surface area contributed by atoms with Crippen molar-refractivity contribution in [2.24, 2.45) is 5.92 Å². The fourth-order valence-corrected chi connectivity index (χ4v) is 3.02. The lowest BCUT2D eigenvalue weighted by atomic mass is 10.1. The zero-order valence-corrected chi connectivity index (χ0v) is 12.1. The van der Waals surface area contributed by atoms with E-state index in [1.807, 2.05) is 12.1 Å². The summed E-state index contributed by atoms with van der Waals surface area (Å²) in [5.41, 5.74) is 7.46. The van der Waals surface area contributed by atoms with Crippen molar-refractivity contribution in [2.75, 3.05) is 12.3 Å². The molecular formula is C16H26N2O. The summed E-state index contributed by atoms with van der Waals surface area (Å²) in [6, 6.07) is 6.30. The maximum Gasteiger partial charge on any atom is 0.138 e. The molecule has 1 aromatic carbocycles. The SMILES string of the molecule is CC(C)CN(Cc1ccc(O)c(N)c1)C1CCCC1. The van der Waals surface area contributed by atoms with E-state index in [0.29, 0.717) is 11.6 Å². The minimum absolute atomic E-state index is 0.181. The molecular weight excluding hydrogens is 236 g/mol. The first-order chi connectivity index (χ1) is 9.06. The summed E-state index contributed by atoms with van der Waals surface area (Å²) in [7, 11) is 0. The van der Waals surface area contributed by atoms with E-state index >= 15 is 0 Å². The second-order valence-corrected chi connectivity index (χ2v) is 6.15. The highest BCUT2D eigenvalue weighted by atomic mass is 16.3. The minimum atomic E-state index is 0.181. The standard InChI is InChI=1S/C16H26N2O/c1-12(2)10-18(14-5-3-4-6-14)11-13-7-8-16(19)15(17)9-13/h7-9,12,14,19H,3-6,10-11,17H2,1-2H3. The van der Waals surface area contributed by atoms with Gasteiger partial charge in [-0.3, -0.25) is 4.90 Å². The van der Waals surface area contributed by atoms with Gasteiger partial charge in [0.25, 0.3) is 0 Å². The molecule has 1 aromatic rings. The normalized spacial score (nSPS) is 16.6. The van der Waals surface area contributed by atoms with Crippen LogP contribution in [0.1, 0.15) is 45.1 Å². The maximum absolute atomic E-state index is 9.50. The lowest BCUT2D eigenvalue weighted by Crippen LogP contribution is -2.35. The number of hydrogen-bond acceptors (Lipinski definition) is 3. The molecule has 106 valence electrons. The lowest BCUT2D eigenvalue weighted by molar-refractivity contribution is 0.168. The molecule has 0 aromatic heterocycles. The van der Waals surface area contributed by atoms with Gasteiger partial charge in [0, 0.05) is 19.1 Å². The molecule has 0 aliphatic heterocycles. The van der Waals surface area contributed by atoms with Gasteiger partial charge in [0.1, 0.15) is 5.75 Å². The molecule has 0 saturated heterocycles. The van der Waals surface area contributed by atoms with Crippen molar-refractivity contribution in [2.45, 2.75) is 52.1 Å². The third kappa shape index (κ3) is 3.87. The van der Waals surface area contributed by atoms with Crippen molar-refractivity contribution < 1.29 is 5.11 Å². The van der Waals surface area contributed by atoms with E-state index in [4.69, 9.17) is 5.73 Å². The Morgan fingerprint density at radius 3 is 2.58 bits per heavy atom. The number of nitrogens with two attached hydrogens (primary N) is 1. The van der Waals surface area contributed by atoms with Gasteiger partial charge in [0.15, 0.2) is 0 Å². The number of hydrogen-bond donors (Lipinski definition) is 2. The van der Waals surface area contributed by atoms with Crippen LogP contribution in [0, 0.1) is 5.92 Å². The third-order valence-corrected chi connectivity index (χ3v) is 3.92. The molecule has 0 spiro atoms. The Hall–Kier alpha value is -1.22. The van der Waals surface area contributed by atoms with E-state index in [2.05, 4.69) is 18.7 Å². The van der Waals surface area contributed by atoms with Gasteiger partial charge in [0.2, 0.25) is 0 Å². The van der Waals surface area contributed by atoms with Crippen molar-refractivity contribution in [1.82, 2.24) is 4.90 Å². The molecule has 3 heteroatoms. The first-order valence-electron chi connectivity index (χ1n) is 7.37. The number of nitrogen functional groups attached to an aromatic ring is 1. The van der Waals surface area contributed by atoms with E-state index < -0.39 is 0 Å². The van der Waals surface area contributed by atoms with Gasteiger partial charge in [-0.05, 0) is 36.5 Å². The molecule has 1 fully saturated rings. The molecule has 1 aliphatic rings. The van der Waals surface area contributed by atoms with Crippen LogP contribution >= 0.6 is 0 Å². The first-order valence-corrected chi connectivity index (χ1v) is 7.37. The average Bonchev–Trinajstić information content (AvgIpc) is 2.86. The van der Waals surface area contributed by atoms with Gasteiger partial charge in [-0.25, -0.2) is 0 Å². The summed E-state index contributed by atoms with van der Waals surface area (Å²) in [4.78, 5) is 2.59. The molecule has 0 bridgehead atoms. The number of benzene rings is 1. The zero-order chi connectivity index (χ0) is 13.8. The summed E-state index contributed by atoms with van der Waals surface area (Å²) in [5, 5.41) is 9.50. The van der Waals surface area contributed by atoms with E-state index in [1.165, 1.54) is 31.2 Å². The van der Waals surface area contributed by atoms with Crippen molar-refractivity contribution >= 4 is 5.69 Å². The molecule has 1 aliphatic carbocycles. The molecule has 0 atom stereocenters. The second kappa shape index (κ2) is 6.29. The summed E-state index contributed by atoms with van der Waals surface area (Å²) >= 11 is 0. The first kappa shape index (κ1) is 14.2. The molecule has 3 nitrogen and oxygen atoms in total. The smallest absolute Gasteiger partial charge is 0.138 e. The predicted octanol–water partition coefficient (Wildman–Crippen LogP) is 3.38. The summed E-state index contributed by atoms with van der Waals surface area (Å²) in [6.07, 6.45) is 5.36. The van der Waals surface area contributed by atoms with Crippen molar-refractivity contribution in [3.63, 3.8) is 0 Å². The fraction of sp³-hybridized carbons (Fsp3) is 0.625. The van der Waals surface area contributed by atoms with Crippen LogP contribution in [0.2, 0.25) is 0 Å². The Kier molecular flexibility index (Phi) is 4.70. The summed E-state index contributed by atoms with van der Waals surface area (Å²) in [5.74, 6) is 0.857. The van der Waals surface area contributed by atoms with E-state index in [-0.39, 0.29) is 5.75 Å². The quantitative estimate of drug-likeness (QED) is 0.632. The highest BCUT2D eigenvalue weighted by molar-refractivity contribution is 5.53. The van der Waals surface area contributed by atoms with Gasteiger partial charge < -0.3 is 10.8 Å². The van der Waals surface area contributed by atoms with Gasteiger partial charge in [-0.15, -0.1) is 0 Å². The van der Waals surface area contributed by atoms with E-state index in [9.17, 15) is 5.11 Å². The molecule has 19 heavy (non-hydrogen) atoms. The van der Waals surface area contributed by atoms with Gasteiger partial charge in [-0.2, -0.15) is 0 Å². The highest BCUT2D eigenvalue weighted by Crippen LogP contribution is 2.27. The van der Waals surface area contributed by atoms with Crippen LogP contribution in [0.15, 0.2) is 18.2 Å². The number of aromatic hydroxyl groups is 1. The Morgan fingerprint density at radius 2 is 2.00 bits per heavy atom. The Morgan fingerprint density at radius 1 is 1.32 bits per heavy atom. The predicted molar refractivity (Wildman–Crippen MR) is 80.0 cm³/mol. The molecule has 0 radical (unpaired) electrons. The molecule has 1 saturated carbocycles. The fourth-order valence-electron chi connectivity index (χ4n) is 3.02. The van der Waals surface area contributed by atoms with Gasteiger partial charge >= 0.3 is 0 Å². The largest absolute Gasteiger partial charge is 0.506 e. The van der Waals surface area contributed by atoms with Crippen LogP contribution in [-0.2, 0) is 6.54 Å². The van der Waals surface area contributed by atoms with Crippen LogP contribution in [0.25, 0.3) is 0 Å². The van der Waals surface area contributed by atoms with Crippen LogP contribution in [0.3, 0.4) is 0 Å².